The maximum atomic E-state index is 5.97. The van der Waals surface area contributed by atoms with Crippen molar-refractivity contribution in [2.75, 3.05) is 6.61 Å². The second-order valence-electron chi connectivity index (χ2n) is 5.10. The van der Waals surface area contributed by atoms with E-state index < -0.39 is 0 Å². The molecule has 1 saturated carbocycles. The van der Waals surface area contributed by atoms with Gasteiger partial charge in [-0.05, 0) is 25.2 Å². The Morgan fingerprint density at radius 3 is 2.60 bits per heavy atom. The third-order valence-electron chi connectivity index (χ3n) is 3.13. The van der Waals surface area contributed by atoms with Gasteiger partial charge in [0.05, 0.1) is 6.10 Å². The summed E-state index contributed by atoms with van der Waals surface area (Å²) in [6, 6.07) is 0. The molecule has 0 aliphatic heterocycles. The van der Waals surface area contributed by atoms with E-state index in [0.29, 0.717) is 6.10 Å². The van der Waals surface area contributed by atoms with Crippen molar-refractivity contribution in [1.82, 2.24) is 0 Å². The van der Waals surface area contributed by atoms with Crippen LogP contribution in [0.3, 0.4) is 0 Å². The van der Waals surface area contributed by atoms with Crippen molar-refractivity contribution in [2.45, 2.75) is 68.8 Å². The Balaban J connectivity index is 1.99. The highest BCUT2D eigenvalue weighted by Gasteiger charge is 2.22. The monoisotopic (exact) mass is 324 g/mol. The summed E-state index contributed by atoms with van der Waals surface area (Å²) >= 11 is 2.57. The molecule has 2 atom stereocenters. The van der Waals surface area contributed by atoms with Gasteiger partial charge in [0, 0.05) is 10.5 Å². The molecule has 1 fully saturated rings. The molecule has 1 nitrogen and oxygen atoms in total. The molecule has 2 unspecified atom stereocenters. The highest BCUT2D eigenvalue weighted by Crippen LogP contribution is 2.27. The molecule has 90 valence electrons. The Labute approximate surface area is 108 Å². The van der Waals surface area contributed by atoms with Crippen LogP contribution in [0.2, 0.25) is 0 Å². The van der Waals surface area contributed by atoms with Gasteiger partial charge in [-0.1, -0.05) is 62.1 Å². The average molecular weight is 324 g/mol. The van der Waals surface area contributed by atoms with E-state index in [4.69, 9.17) is 4.74 Å². The minimum Gasteiger partial charge on any atom is -0.377 e. The van der Waals surface area contributed by atoms with Crippen LogP contribution in [-0.4, -0.2) is 16.6 Å². The number of rotatable bonds is 6. The lowest BCUT2D eigenvalue weighted by molar-refractivity contribution is 0.0338. The predicted octanol–water partition coefficient (Wildman–Crippen LogP) is 4.58. The molecule has 15 heavy (non-hydrogen) atoms. The van der Waals surface area contributed by atoms with Gasteiger partial charge in [-0.2, -0.15) is 0 Å². The van der Waals surface area contributed by atoms with E-state index in [1.807, 2.05) is 0 Å². The molecule has 0 bridgehead atoms. The summed E-state index contributed by atoms with van der Waals surface area (Å²) in [7, 11) is 0. The number of alkyl halides is 1. The number of halogens is 1. The first-order chi connectivity index (χ1) is 7.20. The standard InChI is InChI=1S/C13H25IO/c1-11(2)7-5-6-10-15-13-9-4-3-8-12(13)14/h11-13H,3-10H2,1-2H3. The zero-order valence-electron chi connectivity index (χ0n) is 10.2. The Kier molecular flexibility index (Phi) is 7.23. The van der Waals surface area contributed by atoms with Crippen LogP contribution in [0.4, 0.5) is 0 Å². The maximum absolute atomic E-state index is 5.97. The number of ether oxygens (including phenoxy) is 1. The van der Waals surface area contributed by atoms with Crippen molar-refractivity contribution < 1.29 is 4.74 Å². The molecule has 0 saturated heterocycles. The van der Waals surface area contributed by atoms with Gasteiger partial charge in [0.15, 0.2) is 0 Å². The van der Waals surface area contributed by atoms with E-state index in [1.165, 1.54) is 44.9 Å². The van der Waals surface area contributed by atoms with Gasteiger partial charge in [0.2, 0.25) is 0 Å². The van der Waals surface area contributed by atoms with Crippen molar-refractivity contribution in [1.29, 1.82) is 0 Å². The summed E-state index contributed by atoms with van der Waals surface area (Å²) in [5.74, 6) is 0.844. The molecule has 0 aromatic heterocycles. The molecular weight excluding hydrogens is 299 g/mol. The topological polar surface area (TPSA) is 9.23 Å². The third-order valence-corrected chi connectivity index (χ3v) is 4.55. The molecule has 0 N–H and O–H groups in total. The first kappa shape index (κ1) is 13.8. The van der Waals surface area contributed by atoms with E-state index in [-0.39, 0.29) is 0 Å². The van der Waals surface area contributed by atoms with Crippen LogP contribution < -0.4 is 0 Å². The highest BCUT2D eigenvalue weighted by molar-refractivity contribution is 14.1. The Morgan fingerprint density at radius 1 is 1.20 bits per heavy atom. The molecule has 1 aliphatic carbocycles. The van der Waals surface area contributed by atoms with Gasteiger partial charge >= 0.3 is 0 Å². The molecule has 0 radical (unpaired) electrons. The van der Waals surface area contributed by atoms with Crippen molar-refractivity contribution in [3.05, 3.63) is 0 Å². The van der Waals surface area contributed by atoms with Crippen LogP contribution >= 0.6 is 22.6 Å². The van der Waals surface area contributed by atoms with Crippen LogP contribution in [0.25, 0.3) is 0 Å². The van der Waals surface area contributed by atoms with Crippen LogP contribution in [-0.2, 0) is 4.74 Å². The molecule has 2 heteroatoms. The zero-order chi connectivity index (χ0) is 11.1. The molecule has 0 aromatic rings. The SMILES string of the molecule is CC(C)CCCCOC1CCCCC1I. The van der Waals surface area contributed by atoms with Crippen LogP contribution in [0.1, 0.15) is 58.8 Å². The lowest BCUT2D eigenvalue weighted by atomic mass is 9.98. The van der Waals surface area contributed by atoms with E-state index >= 15 is 0 Å². The van der Waals surface area contributed by atoms with E-state index in [1.54, 1.807) is 0 Å². The van der Waals surface area contributed by atoms with Crippen molar-refractivity contribution in [2.24, 2.45) is 5.92 Å². The highest BCUT2D eigenvalue weighted by atomic mass is 127. The Morgan fingerprint density at radius 2 is 1.93 bits per heavy atom. The summed E-state index contributed by atoms with van der Waals surface area (Å²) in [4.78, 5) is 0. The van der Waals surface area contributed by atoms with E-state index in [2.05, 4.69) is 36.4 Å². The minimum atomic E-state index is 0.554. The predicted molar refractivity (Wildman–Crippen MR) is 74.7 cm³/mol. The van der Waals surface area contributed by atoms with Crippen LogP contribution in [0.15, 0.2) is 0 Å². The van der Waals surface area contributed by atoms with Crippen molar-refractivity contribution >= 4 is 22.6 Å². The first-order valence-electron chi connectivity index (χ1n) is 6.46. The van der Waals surface area contributed by atoms with Gasteiger partial charge in [-0.25, -0.2) is 0 Å². The quantitative estimate of drug-likeness (QED) is 0.395. The lowest BCUT2D eigenvalue weighted by Gasteiger charge is -2.27. The minimum absolute atomic E-state index is 0.554. The smallest absolute Gasteiger partial charge is 0.0692 e. The lowest BCUT2D eigenvalue weighted by Crippen LogP contribution is -2.28. The fourth-order valence-electron chi connectivity index (χ4n) is 2.13. The van der Waals surface area contributed by atoms with Crippen LogP contribution in [0, 0.1) is 5.92 Å². The Bertz CT molecular complexity index is 159. The first-order valence-corrected chi connectivity index (χ1v) is 7.70. The zero-order valence-corrected chi connectivity index (χ0v) is 12.3. The van der Waals surface area contributed by atoms with Gasteiger partial charge in [-0.15, -0.1) is 0 Å². The maximum Gasteiger partial charge on any atom is 0.0692 e. The van der Waals surface area contributed by atoms with Crippen molar-refractivity contribution in [3.8, 4) is 0 Å². The largest absolute Gasteiger partial charge is 0.377 e. The molecule has 0 amide bonds. The molecule has 1 aliphatic rings. The summed E-state index contributed by atoms with van der Waals surface area (Å²) in [6.07, 6.45) is 9.90. The summed E-state index contributed by atoms with van der Waals surface area (Å²) in [6.45, 7) is 5.57. The van der Waals surface area contributed by atoms with Gasteiger partial charge in [0.25, 0.3) is 0 Å². The molecule has 0 heterocycles. The van der Waals surface area contributed by atoms with Gasteiger partial charge in [-0.3, -0.25) is 0 Å². The molecule has 1 rings (SSSR count). The Hall–Kier alpha value is 0.690. The average Bonchev–Trinajstić information content (AvgIpc) is 2.20. The molecule has 0 aromatic carbocycles. The summed E-state index contributed by atoms with van der Waals surface area (Å²) in [5.41, 5.74) is 0. The van der Waals surface area contributed by atoms with Crippen molar-refractivity contribution in [3.63, 3.8) is 0 Å². The number of hydrogen-bond acceptors (Lipinski definition) is 1. The fourth-order valence-corrected chi connectivity index (χ4v) is 3.14. The van der Waals surface area contributed by atoms with E-state index in [0.717, 1.165) is 16.4 Å². The van der Waals surface area contributed by atoms with Crippen LogP contribution in [0.5, 0.6) is 0 Å². The molecular formula is C13H25IO. The third kappa shape index (κ3) is 6.10. The van der Waals surface area contributed by atoms with Gasteiger partial charge < -0.3 is 4.74 Å². The normalized spacial score (nSPS) is 27.2. The number of unbranched alkanes of at least 4 members (excludes halogenated alkanes) is 1. The molecule has 0 spiro atoms. The van der Waals surface area contributed by atoms with E-state index in [9.17, 15) is 0 Å². The second kappa shape index (κ2) is 7.88. The fraction of sp³-hybridized carbons (Fsp3) is 1.00. The summed E-state index contributed by atoms with van der Waals surface area (Å²) in [5, 5.41) is 0. The summed E-state index contributed by atoms with van der Waals surface area (Å²) < 4.78 is 6.73. The number of hydrogen-bond donors (Lipinski definition) is 0. The second-order valence-corrected chi connectivity index (χ2v) is 6.70. The van der Waals surface area contributed by atoms with Gasteiger partial charge in [0.1, 0.15) is 0 Å².